The number of nitrogens with one attached hydrogen (secondary N) is 4. The number of rotatable bonds is 9. The molecule has 0 aliphatic carbocycles. The third-order valence-corrected chi connectivity index (χ3v) is 4.24. The first kappa shape index (κ1) is 22.0. The maximum Gasteiger partial charge on any atom is 0.279 e. The van der Waals surface area contributed by atoms with Crippen molar-refractivity contribution in [1.29, 1.82) is 0 Å². The van der Waals surface area contributed by atoms with Crippen molar-refractivity contribution in [3.8, 4) is 0 Å². The van der Waals surface area contributed by atoms with Crippen molar-refractivity contribution >= 4 is 29.1 Å². The molecule has 0 fully saturated rings. The van der Waals surface area contributed by atoms with E-state index in [0.717, 1.165) is 4.90 Å². The van der Waals surface area contributed by atoms with Crippen molar-refractivity contribution in [2.75, 3.05) is 30.3 Å². The molecular weight excluding hydrogens is 375 g/mol. The first-order valence-corrected chi connectivity index (χ1v) is 9.38. The molecule has 7 nitrogen and oxygen atoms in total. The molecule has 8 heteroatoms. The van der Waals surface area contributed by atoms with Crippen LogP contribution in [0.2, 0.25) is 0 Å². The zero-order valence-corrected chi connectivity index (χ0v) is 16.5. The fourth-order valence-electron chi connectivity index (χ4n) is 2.71. The van der Waals surface area contributed by atoms with Crippen LogP contribution in [0.1, 0.15) is 19.4 Å². The smallest absolute Gasteiger partial charge is 0.279 e. The average Bonchev–Trinajstić information content (AvgIpc) is 2.68. The van der Waals surface area contributed by atoms with Crippen LogP contribution in [0.25, 0.3) is 0 Å². The topological polar surface area (TPSA) is 91.7 Å². The van der Waals surface area contributed by atoms with Crippen LogP contribution in [0, 0.1) is 5.82 Å². The summed E-state index contributed by atoms with van der Waals surface area (Å²) in [6.45, 7) is 4.23. The van der Waals surface area contributed by atoms with Gasteiger partial charge in [-0.1, -0.05) is 18.2 Å². The van der Waals surface area contributed by atoms with E-state index < -0.39 is 0 Å². The molecule has 4 N–H and O–H groups in total. The summed E-state index contributed by atoms with van der Waals surface area (Å²) in [4.78, 5) is 36.2. The minimum absolute atomic E-state index is 0.106. The zero-order chi connectivity index (χ0) is 21.2. The molecule has 2 aromatic rings. The van der Waals surface area contributed by atoms with Gasteiger partial charge >= 0.3 is 0 Å². The number of anilines is 2. The molecule has 2 rings (SSSR count). The van der Waals surface area contributed by atoms with Crippen LogP contribution in [0.15, 0.2) is 48.5 Å². The standard InChI is InChI=1S/C21H25FN4O3/c1-3-26(13-20(28)23-12-16-6-4-5-7-19(16)22)14-21(29)25-18-10-8-17(9-11-18)24-15(2)27/h4-11H,3,12-14H2,1-2H3,(H,23,28)(H,24,27)(H,25,29)/p+1. The van der Waals surface area contributed by atoms with Gasteiger partial charge in [0.15, 0.2) is 13.1 Å². The van der Waals surface area contributed by atoms with Crippen molar-refractivity contribution in [2.24, 2.45) is 0 Å². The van der Waals surface area contributed by atoms with Crippen LogP contribution in [0.5, 0.6) is 0 Å². The fourth-order valence-corrected chi connectivity index (χ4v) is 2.71. The highest BCUT2D eigenvalue weighted by Crippen LogP contribution is 2.13. The molecule has 0 spiro atoms. The summed E-state index contributed by atoms with van der Waals surface area (Å²) in [6.07, 6.45) is 0. The predicted octanol–water partition coefficient (Wildman–Crippen LogP) is 0.944. The van der Waals surface area contributed by atoms with E-state index in [1.54, 1.807) is 42.5 Å². The van der Waals surface area contributed by atoms with Gasteiger partial charge in [-0.25, -0.2) is 4.39 Å². The number of quaternary nitrogens is 1. The van der Waals surface area contributed by atoms with Crippen molar-refractivity contribution < 1.29 is 23.7 Å². The number of benzene rings is 2. The van der Waals surface area contributed by atoms with E-state index in [1.165, 1.54) is 13.0 Å². The minimum atomic E-state index is -0.364. The van der Waals surface area contributed by atoms with Crippen LogP contribution < -0.4 is 20.9 Å². The van der Waals surface area contributed by atoms with E-state index in [4.69, 9.17) is 0 Å². The summed E-state index contributed by atoms with van der Waals surface area (Å²) in [5, 5.41) is 8.11. The zero-order valence-electron chi connectivity index (χ0n) is 16.5. The van der Waals surface area contributed by atoms with Gasteiger partial charge in [0.05, 0.1) is 6.54 Å². The molecule has 0 aromatic heterocycles. The highest BCUT2D eigenvalue weighted by Gasteiger charge is 2.17. The minimum Gasteiger partial charge on any atom is -0.347 e. The molecule has 29 heavy (non-hydrogen) atoms. The van der Waals surface area contributed by atoms with Crippen LogP contribution in [0.4, 0.5) is 15.8 Å². The van der Waals surface area contributed by atoms with Gasteiger partial charge < -0.3 is 20.9 Å². The van der Waals surface area contributed by atoms with Crippen LogP contribution >= 0.6 is 0 Å². The maximum atomic E-state index is 13.6. The lowest BCUT2D eigenvalue weighted by Crippen LogP contribution is -3.13. The first-order valence-electron chi connectivity index (χ1n) is 9.38. The predicted molar refractivity (Wildman–Crippen MR) is 109 cm³/mol. The van der Waals surface area contributed by atoms with Crippen molar-refractivity contribution in [3.63, 3.8) is 0 Å². The van der Waals surface area contributed by atoms with E-state index in [2.05, 4.69) is 16.0 Å². The summed E-state index contributed by atoms with van der Waals surface area (Å²) in [7, 11) is 0. The molecule has 0 saturated heterocycles. The van der Waals surface area contributed by atoms with E-state index in [9.17, 15) is 18.8 Å². The Labute approximate surface area is 169 Å². The van der Waals surface area contributed by atoms with Crippen LogP contribution in [-0.2, 0) is 20.9 Å². The normalized spacial score (nSPS) is 11.4. The summed E-state index contributed by atoms with van der Waals surface area (Å²) >= 11 is 0. The maximum absolute atomic E-state index is 13.6. The Balaban J connectivity index is 1.80. The van der Waals surface area contributed by atoms with E-state index >= 15 is 0 Å². The summed E-state index contributed by atoms with van der Waals surface area (Å²) < 4.78 is 13.6. The van der Waals surface area contributed by atoms with Crippen molar-refractivity contribution in [1.82, 2.24) is 5.32 Å². The molecule has 154 valence electrons. The molecule has 0 aliphatic rings. The molecular formula is C21H26FN4O3+. The van der Waals surface area contributed by atoms with Gasteiger partial charge in [-0.2, -0.15) is 0 Å². The largest absolute Gasteiger partial charge is 0.347 e. The van der Waals surface area contributed by atoms with Crippen LogP contribution in [-0.4, -0.2) is 37.4 Å². The van der Waals surface area contributed by atoms with Gasteiger partial charge in [0, 0.05) is 30.4 Å². The summed E-state index contributed by atoms with van der Waals surface area (Å²) in [5.41, 5.74) is 1.66. The SMILES string of the molecule is CC[NH+](CC(=O)NCc1ccccc1F)CC(=O)Nc1ccc(NC(C)=O)cc1. The fraction of sp³-hybridized carbons (Fsp3) is 0.286. The second-order valence-corrected chi connectivity index (χ2v) is 6.63. The molecule has 3 amide bonds. The van der Waals surface area contributed by atoms with E-state index in [1.807, 2.05) is 6.92 Å². The molecule has 1 unspecified atom stereocenters. The lowest BCUT2D eigenvalue weighted by atomic mass is 10.2. The van der Waals surface area contributed by atoms with Crippen molar-refractivity contribution in [3.05, 3.63) is 59.9 Å². The number of hydrogen-bond donors (Lipinski definition) is 4. The van der Waals surface area contributed by atoms with E-state index in [0.29, 0.717) is 23.5 Å². The molecule has 2 aromatic carbocycles. The van der Waals surface area contributed by atoms with Gasteiger partial charge in [0.1, 0.15) is 5.82 Å². The number of carbonyl (C=O) groups is 3. The monoisotopic (exact) mass is 401 g/mol. The first-order chi connectivity index (χ1) is 13.9. The second-order valence-electron chi connectivity index (χ2n) is 6.63. The Kier molecular flexibility index (Phi) is 8.29. The summed E-state index contributed by atoms with van der Waals surface area (Å²) in [6, 6.07) is 13.0. The molecule has 0 radical (unpaired) electrons. The van der Waals surface area contributed by atoms with Crippen LogP contribution in [0.3, 0.4) is 0 Å². The lowest BCUT2D eigenvalue weighted by Gasteiger charge is -2.17. The number of hydrogen-bond acceptors (Lipinski definition) is 3. The number of amides is 3. The Hall–Kier alpha value is -3.26. The number of likely N-dealkylation sites (N-methyl/N-ethyl adjacent to an activating group) is 1. The van der Waals surface area contributed by atoms with Gasteiger partial charge in [0.2, 0.25) is 5.91 Å². The highest BCUT2D eigenvalue weighted by atomic mass is 19.1. The average molecular weight is 401 g/mol. The molecule has 0 saturated carbocycles. The van der Waals surface area contributed by atoms with E-state index in [-0.39, 0.29) is 43.2 Å². The highest BCUT2D eigenvalue weighted by molar-refractivity contribution is 5.92. The Morgan fingerprint density at radius 1 is 0.897 bits per heavy atom. The molecule has 0 bridgehead atoms. The van der Waals surface area contributed by atoms with Gasteiger partial charge in [-0.3, -0.25) is 14.4 Å². The lowest BCUT2D eigenvalue weighted by molar-refractivity contribution is -0.881. The molecule has 0 heterocycles. The van der Waals surface area contributed by atoms with Gasteiger partial charge in [-0.05, 0) is 37.3 Å². The van der Waals surface area contributed by atoms with Gasteiger partial charge in [0.25, 0.3) is 11.8 Å². The number of halogens is 1. The third-order valence-electron chi connectivity index (χ3n) is 4.24. The molecule has 1 atom stereocenters. The molecule has 0 aliphatic heterocycles. The summed E-state index contributed by atoms with van der Waals surface area (Å²) in [5.74, 6) is -1.01. The van der Waals surface area contributed by atoms with Crippen molar-refractivity contribution in [2.45, 2.75) is 20.4 Å². The Morgan fingerprint density at radius 3 is 2.07 bits per heavy atom. The second kappa shape index (κ2) is 10.9. The number of carbonyl (C=O) groups excluding carboxylic acids is 3. The Morgan fingerprint density at radius 2 is 1.48 bits per heavy atom. The van der Waals surface area contributed by atoms with Gasteiger partial charge in [-0.15, -0.1) is 0 Å². The third kappa shape index (κ3) is 7.71. The quantitative estimate of drug-likeness (QED) is 0.504. The Bertz CT molecular complexity index is 855.